The van der Waals surface area contributed by atoms with E-state index in [1.54, 1.807) is 24.4 Å². The van der Waals surface area contributed by atoms with Crippen molar-refractivity contribution in [1.29, 1.82) is 0 Å². The van der Waals surface area contributed by atoms with Crippen LogP contribution in [-0.4, -0.2) is 24.8 Å². The van der Waals surface area contributed by atoms with Crippen molar-refractivity contribution in [3.8, 4) is 28.7 Å². The first-order valence-corrected chi connectivity index (χ1v) is 9.31. The quantitative estimate of drug-likeness (QED) is 0.600. The molecule has 28 heavy (non-hydrogen) atoms. The van der Waals surface area contributed by atoms with Crippen molar-refractivity contribution in [3.05, 3.63) is 47.9 Å². The van der Waals surface area contributed by atoms with E-state index in [1.165, 1.54) is 6.07 Å². The predicted molar refractivity (Wildman–Crippen MR) is 104 cm³/mol. The number of pyridine rings is 1. The van der Waals surface area contributed by atoms with Gasteiger partial charge >= 0.3 is 0 Å². The number of ether oxygens (including phenoxy) is 4. The third-order valence-electron chi connectivity index (χ3n) is 4.32. The highest BCUT2D eigenvalue weighted by atomic mass is 19.1. The minimum absolute atomic E-state index is 0.142. The molecule has 1 aliphatic rings. The van der Waals surface area contributed by atoms with Gasteiger partial charge in [0.15, 0.2) is 23.1 Å². The van der Waals surface area contributed by atoms with Crippen molar-refractivity contribution < 1.29 is 23.3 Å². The van der Waals surface area contributed by atoms with Crippen molar-refractivity contribution in [3.63, 3.8) is 0 Å². The van der Waals surface area contributed by atoms with E-state index in [2.05, 4.69) is 18.8 Å². The van der Waals surface area contributed by atoms with E-state index in [0.29, 0.717) is 59.6 Å². The topological polar surface area (TPSA) is 49.8 Å². The minimum atomic E-state index is -0.423. The van der Waals surface area contributed by atoms with Gasteiger partial charge in [-0.2, -0.15) is 0 Å². The number of aromatic nitrogens is 1. The van der Waals surface area contributed by atoms with Crippen LogP contribution in [0, 0.1) is 18.7 Å². The molecule has 6 heteroatoms. The summed E-state index contributed by atoms with van der Waals surface area (Å²) in [6.07, 6.45) is 1.62. The van der Waals surface area contributed by atoms with Gasteiger partial charge in [-0.05, 0) is 36.6 Å². The van der Waals surface area contributed by atoms with Crippen molar-refractivity contribution in [2.24, 2.45) is 5.92 Å². The maximum atomic E-state index is 14.3. The molecule has 3 aromatic rings. The fourth-order valence-corrected chi connectivity index (χ4v) is 3.03. The molecular weight excluding hydrogens is 361 g/mol. The van der Waals surface area contributed by atoms with E-state index >= 15 is 0 Å². The number of nitrogens with zero attached hydrogens (tertiary/aromatic N) is 1. The zero-order chi connectivity index (χ0) is 19.7. The molecule has 0 spiro atoms. The first-order valence-electron chi connectivity index (χ1n) is 9.31. The Bertz CT molecular complexity index is 1020. The summed E-state index contributed by atoms with van der Waals surface area (Å²) >= 11 is 0. The number of rotatable bonds is 5. The Kier molecular flexibility index (Phi) is 4.94. The molecule has 0 aliphatic carbocycles. The van der Waals surface area contributed by atoms with Crippen LogP contribution in [0.3, 0.4) is 0 Å². The molecular formula is C22H22FNO4. The summed E-state index contributed by atoms with van der Waals surface area (Å²) in [5.41, 5.74) is 1.46. The van der Waals surface area contributed by atoms with Crippen molar-refractivity contribution >= 4 is 10.9 Å². The number of hydrogen-bond donors (Lipinski definition) is 0. The lowest BCUT2D eigenvalue weighted by molar-refractivity contribution is 0.161. The van der Waals surface area contributed by atoms with Gasteiger partial charge < -0.3 is 18.9 Å². The molecule has 0 saturated carbocycles. The molecule has 0 fully saturated rings. The van der Waals surface area contributed by atoms with Gasteiger partial charge in [-0.15, -0.1) is 0 Å². The molecule has 146 valence electrons. The maximum absolute atomic E-state index is 14.3. The van der Waals surface area contributed by atoms with E-state index in [-0.39, 0.29) is 5.75 Å². The molecule has 0 amide bonds. The smallest absolute Gasteiger partial charge is 0.204 e. The monoisotopic (exact) mass is 383 g/mol. The molecule has 0 bridgehead atoms. The highest BCUT2D eigenvalue weighted by Crippen LogP contribution is 2.48. The Balaban J connectivity index is 1.82. The molecule has 1 aliphatic heterocycles. The summed E-state index contributed by atoms with van der Waals surface area (Å²) in [4.78, 5) is 4.43. The van der Waals surface area contributed by atoms with Crippen LogP contribution in [0.5, 0.6) is 28.7 Å². The molecule has 1 aromatic heterocycles. The lowest BCUT2D eigenvalue weighted by atomic mass is 10.1. The first kappa shape index (κ1) is 18.3. The molecule has 0 N–H and O–H groups in total. The lowest BCUT2D eigenvalue weighted by Crippen LogP contribution is -2.17. The van der Waals surface area contributed by atoms with Crippen LogP contribution in [-0.2, 0) is 0 Å². The second kappa shape index (κ2) is 7.54. The van der Waals surface area contributed by atoms with Gasteiger partial charge in [0.25, 0.3) is 0 Å². The van der Waals surface area contributed by atoms with Gasteiger partial charge in [0.05, 0.1) is 17.5 Å². The second-order valence-corrected chi connectivity index (χ2v) is 7.17. The largest absolute Gasteiger partial charge is 0.489 e. The summed E-state index contributed by atoms with van der Waals surface area (Å²) < 4.78 is 37.8. The van der Waals surface area contributed by atoms with Gasteiger partial charge in [-0.1, -0.05) is 19.9 Å². The van der Waals surface area contributed by atoms with Crippen LogP contribution in [0.2, 0.25) is 0 Å². The van der Waals surface area contributed by atoms with Gasteiger partial charge in [-0.25, -0.2) is 4.39 Å². The number of fused-ring (bicyclic) bond motifs is 3. The zero-order valence-electron chi connectivity index (χ0n) is 16.1. The van der Waals surface area contributed by atoms with Gasteiger partial charge in [0.1, 0.15) is 19.0 Å². The Morgan fingerprint density at radius 1 is 1.04 bits per heavy atom. The van der Waals surface area contributed by atoms with Gasteiger partial charge in [-0.3, -0.25) is 4.98 Å². The minimum Gasteiger partial charge on any atom is -0.489 e. The number of benzene rings is 2. The summed E-state index contributed by atoms with van der Waals surface area (Å²) in [6.45, 7) is 7.36. The van der Waals surface area contributed by atoms with E-state index < -0.39 is 5.82 Å². The Morgan fingerprint density at radius 3 is 2.57 bits per heavy atom. The van der Waals surface area contributed by atoms with Crippen LogP contribution >= 0.6 is 0 Å². The Hall–Kier alpha value is -3.02. The second-order valence-electron chi connectivity index (χ2n) is 7.17. The fraction of sp³-hybridized carbons (Fsp3) is 0.318. The summed E-state index contributed by atoms with van der Waals surface area (Å²) in [7, 11) is 0. The van der Waals surface area contributed by atoms with Crippen molar-refractivity contribution in [1.82, 2.24) is 4.98 Å². The fourth-order valence-electron chi connectivity index (χ4n) is 3.03. The summed E-state index contributed by atoms with van der Waals surface area (Å²) in [5, 5.41) is 0.633. The molecule has 0 unspecified atom stereocenters. The van der Waals surface area contributed by atoms with E-state index in [9.17, 15) is 4.39 Å². The molecule has 5 nitrogen and oxygen atoms in total. The highest BCUT2D eigenvalue weighted by molar-refractivity contribution is 5.95. The zero-order valence-corrected chi connectivity index (χ0v) is 16.1. The normalized spacial score (nSPS) is 13.0. The van der Waals surface area contributed by atoms with Crippen LogP contribution in [0.25, 0.3) is 10.9 Å². The van der Waals surface area contributed by atoms with Crippen molar-refractivity contribution in [2.75, 3.05) is 19.8 Å². The Morgan fingerprint density at radius 2 is 1.82 bits per heavy atom. The van der Waals surface area contributed by atoms with Crippen LogP contribution < -0.4 is 18.9 Å². The number of aryl methyl sites for hydroxylation is 1. The third kappa shape index (κ3) is 3.54. The number of hydrogen-bond acceptors (Lipinski definition) is 5. The molecule has 0 radical (unpaired) electrons. The first-order chi connectivity index (χ1) is 13.5. The van der Waals surface area contributed by atoms with Crippen LogP contribution in [0.15, 0.2) is 36.5 Å². The Labute approximate surface area is 163 Å². The van der Waals surface area contributed by atoms with Crippen LogP contribution in [0.4, 0.5) is 4.39 Å². The van der Waals surface area contributed by atoms with E-state index in [1.807, 2.05) is 13.0 Å². The van der Waals surface area contributed by atoms with Gasteiger partial charge in [0, 0.05) is 12.3 Å². The van der Waals surface area contributed by atoms with Crippen molar-refractivity contribution in [2.45, 2.75) is 20.8 Å². The van der Waals surface area contributed by atoms with Gasteiger partial charge in [0.2, 0.25) is 5.75 Å². The summed E-state index contributed by atoms with van der Waals surface area (Å²) in [6, 6.07) is 8.35. The third-order valence-corrected chi connectivity index (χ3v) is 4.32. The molecule has 2 aromatic carbocycles. The van der Waals surface area contributed by atoms with Crippen LogP contribution in [0.1, 0.15) is 19.4 Å². The summed E-state index contributed by atoms with van der Waals surface area (Å²) in [5.74, 6) is 2.16. The molecule has 0 saturated heterocycles. The lowest BCUT2D eigenvalue weighted by Gasteiger charge is -2.24. The average Bonchev–Trinajstić information content (AvgIpc) is 2.68. The SMILES string of the molecule is Cc1ccc(Oc2ccnc3cc(OCC(C)C)c4c(c23)OCCO4)c(F)c1. The number of halogens is 1. The highest BCUT2D eigenvalue weighted by Gasteiger charge is 2.25. The maximum Gasteiger partial charge on any atom is 0.204 e. The van der Waals surface area contributed by atoms with E-state index in [0.717, 1.165) is 5.56 Å². The standard InChI is InChI=1S/C22H22FNO4/c1-13(2)12-27-19-11-16-20(22-21(19)25-8-9-26-22)18(6-7-24-16)28-17-5-4-14(3)10-15(17)23/h4-7,10-11,13H,8-9,12H2,1-3H3. The van der Waals surface area contributed by atoms with E-state index in [4.69, 9.17) is 18.9 Å². The predicted octanol–water partition coefficient (Wildman–Crippen LogP) is 5.28. The molecule has 4 rings (SSSR count). The molecule has 2 heterocycles. The average molecular weight is 383 g/mol. The molecule has 0 atom stereocenters.